The maximum atomic E-state index is 11.9. The Bertz CT molecular complexity index is 450. The van der Waals surface area contributed by atoms with E-state index in [1.54, 1.807) is 17.0 Å². The Morgan fingerprint density at radius 1 is 1.44 bits per heavy atom. The van der Waals surface area contributed by atoms with Gasteiger partial charge in [0.05, 0.1) is 5.60 Å². The molecule has 1 heterocycles. The average molecular weight is 251 g/mol. The Kier molecular flexibility index (Phi) is 4.01. The van der Waals surface area contributed by atoms with Crippen LogP contribution in [0.3, 0.4) is 0 Å². The van der Waals surface area contributed by atoms with Gasteiger partial charge in [-0.25, -0.2) is 4.98 Å². The summed E-state index contributed by atoms with van der Waals surface area (Å²) in [5.74, 6) is 0.332. The second-order valence-corrected chi connectivity index (χ2v) is 5.01. The number of anilines is 1. The predicted molar refractivity (Wildman–Crippen MR) is 70.7 cm³/mol. The molecule has 0 radical (unpaired) electrons. The van der Waals surface area contributed by atoms with Crippen LogP contribution >= 0.6 is 0 Å². The molecule has 0 bridgehead atoms. The normalized spacial score (nSPS) is 18.6. The van der Waals surface area contributed by atoms with Crippen LogP contribution in [-0.4, -0.2) is 26.8 Å². The van der Waals surface area contributed by atoms with Crippen LogP contribution < -0.4 is 10.9 Å². The van der Waals surface area contributed by atoms with Gasteiger partial charge in [0, 0.05) is 25.5 Å². The van der Waals surface area contributed by atoms with Crippen molar-refractivity contribution in [2.24, 2.45) is 0 Å². The highest BCUT2D eigenvalue weighted by molar-refractivity contribution is 5.31. The summed E-state index contributed by atoms with van der Waals surface area (Å²) in [6.07, 6.45) is 8.18. The highest BCUT2D eigenvalue weighted by Crippen LogP contribution is 2.27. The molecule has 1 fully saturated rings. The van der Waals surface area contributed by atoms with Gasteiger partial charge < -0.3 is 15.0 Å². The Labute approximate surface area is 107 Å². The minimum absolute atomic E-state index is 0.126. The first kappa shape index (κ1) is 13.1. The summed E-state index contributed by atoms with van der Waals surface area (Å²) in [7, 11) is 0. The van der Waals surface area contributed by atoms with E-state index in [1.165, 1.54) is 6.42 Å². The van der Waals surface area contributed by atoms with E-state index in [-0.39, 0.29) is 5.56 Å². The van der Waals surface area contributed by atoms with Gasteiger partial charge in [-0.2, -0.15) is 0 Å². The van der Waals surface area contributed by atoms with E-state index in [1.807, 2.05) is 6.92 Å². The number of hydrogen-bond acceptors (Lipinski definition) is 4. The SMILES string of the molecule is CCn1ccnc(NCC2(O)CCCCC2)c1=O. The molecule has 5 heteroatoms. The maximum absolute atomic E-state index is 11.9. The summed E-state index contributed by atoms with van der Waals surface area (Å²) in [6.45, 7) is 2.95. The quantitative estimate of drug-likeness (QED) is 0.848. The molecule has 1 aliphatic rings. The molecule has 0 unspecified atom stereocenters. The summed E-state index contributed by atoms with van der Waals surface area (Å²) in [5.41, 5.74) is -0.807. The van der Waals surface area contributed by atoms with Crippen molar-refractivity contribution in [3.63, 3.8) is 0 Å². The van der Waals surface area contributed by atoms with Gasteiger partial charge in [0.25, 0.3) is 5.56 Å². The second-order valence-electron chi connectivity index (χ2n) is 5.01. The molecule has 2 rings (SSSR count). The van der Waals surface area contributed by atoms with Crippen molar-refractivity contribution < 1.29 is 5.11 Å². The van der Waals surface area contributed by atoms with E-state index in [0.717, 1.165) is 25.7 Å². The molecule has 1 saturated carbocycles. The zero-order valence-electron chi connectivity index (χ0n) is 10.9. The number of aryl methyl sites for hydroxylation is 1. The highest BCUT2D eigenvalue weighted by Gasteiger charge is 2.29. The van der Waals surface area contributed by atoms with Crippen molar-refractivity contribution in [1.82, 2.24) is 9.55 Å². The minimum Gasteiger partial charge on any atom is -0.388 e. The zero-order chi connectivity index (χ0) is 13.0. The van der Waals surface area contributed by atoms with Crippen molar-refractivity contribution in [3.05, 3.63) is 22.7 Å². The topological polar surface area (TPSA) is 67.2 Å². The van der Waals surface area contributed by atoms with Gasteiger partial charge in [0.15, 0.2) is 5.82 Å². The third-order valence-corrected chi connectivity index (χ3v) is 3.62. The first-order chi connectivity index (χ1) is 8.64. The fourth-order valence-electron chi connectivity index (χ4n) is 2.45. The van der Waals surface area contributed by atoms with E-state index in [9.17, 15) is 9.90 Å². The van der Waals surface area contributed by atoms with Crippen LogP contribution in [0.4, 0.5) is 5.82 Å². The molecular weight excluding hydrogens is 230 g/mol. The van der Waals surface area contributed by atoms with Gasteiger partial charge >= 0.3 is 0 Å². The third-order valence-electron chi connectivity index (χ3n) is 3.62. The summed E-state index contributed by atoms with van der Waals surface area (Å²) < 4.78 is 1.60. The van der Waals surface area contributed by atoms with Gasteiger partial charge in [0.2, 0.25) is 0 Å². The number of aromatic nitrogens is 2. The molecular formula is C13H21N3O2. The van der Waals surface area contributed by atoms with Crippen LogP contribution in [0.15, 0.2) is 17.2 Å². The molecule has 0 spiro atoms. The monoisotopic (exact) mass is 251 g/mol. The number of hydrogen-bond donors (Lipinski definition) is 2. The smallest absolute Gasteiger partial charge is 0.293 e. The lowest BCUT2D eigenvalue weighted by atomic mass is 9.85. The summed E-state index contributed by atoms with van der Waals surface area (Å²) in [5, 5.41) is 13.4. The van der Waals surface area contributed by atoms with E-state index >= 15 is 0 Å². The van der Waals surface area contributed by atoms with E-state index in [0.29, 0.717) is 18.9 Å². The first-order valence-corrected chi connectivity index (χ1v) is 6.66. The Morgan fingerprint density at radius 2 is 2.17 bits per heavy atom. The molecule has 0 amide bonds. The summed E-state index contributed by atoms with van der Waals surface area (Å²) >= 11 is 0. The van der Waals surface area contributed by atoms with Crippen LogP contribution in [0.5, 0.6) is 0 Å². The molecule has 0 saturated heterocycles. The maximum Gasteiger partial charge on any atom is 0.293 e. The molecule has 0 atom stereocenters. The Morgan fingerprint density at radius 3 is 2.83 bits per heavy atom. The van der Waals surface area contributed by atoms with Crippen LogP contribution in [-0.2, 0) is 6.54 Å². The van der Waals surface area contributed by atoms with Crippen LogP contribution in [0, 0.1) is 0 Å². The summed E-state index contributed by atoms with van der Waals surface area (Å²) in [4.78, 5) is 16.0. The fraction of sp³-hybridized carbons (Fsp3) is 0.692. The van der Waals surface area contributed by atoms with E-state index < -0.39 is 5.60 Å². The van der Waals surface area contributed by atoms with Crippen molar-refractivity contribution in [3.8, 4) is 0 Å². The fourth-order valence-corrected chi connectivity index (χ4v) is 2.45. The van der Waals surface area contributed by atoms with Crippen molar-refractivity contribution in [2.75, 3.05) is 11.9 Å². The highest BCUT2D eigenvalue weighted by atomic mass is 16.3. The van der Waals surface area contributed by atoms with Gasteiger partial charge in [-0.3, -0.25) is 4.79 Å². The number of rotatable bonds is 4. The minimum atomic E-state index is -0.681. The number of aliphatic hydroxyl groups is 1. The Hall–Kier alpha value is -1.36. The zero-order valence-corrected chi connectivity index (χ0v) is 10.9. The van der Waals surface area contributed by atoms with Crippen molar-refractivity contribution in [1.29, 1.82) is 0 Å². The number of nitrogens with zero attached hydrogens (tertiary/aromatic N) is 2. The molecule has 1 aromatic rings. The molecule has 100 valence electrons. The summed E-state index contributed by atoms with van der Waals surface area (Å²) in [6, 6.07) is 0. The standard InChI is InChI=1S/C13H21N3O2/c1-2-16-9-8-14-11(12(16)17)15-10-13(18)6-4-3-5-7-13/h8-9,18H,2-7,10H2,1H3,(H,14,15). The van der Waals surface area contributed by atoms with Gasteiger partial charge in [-0.1, -0.05) is 19.3 Å². The molecule has 18 heavy (non-hydrogen) atoms. The van der Waals surface area contributed by atoms with Gasteiger partial charge in [0.1, 0.15) is 0 Å². The van der Waals surface area contributed by atoms with Crippen LogP contribution in [0.2, 0.25) is 0 Å². The van der Waals surface area contributed by atoms with E-state index in [2.05, 4.69) is 10.3 Å². The molecule has 5 nitrogen and oxygen atoms in total. The number of nitrogens with one attached hydrogen (secondary N) is 1. The van der Waals surface area contributed by atoms with Crippen LogP contribution in [0.25, 0.3) is 0 Å². The predicted octanol–water partition coefficient (Wildman–Crippen LogP) is 1.37. The van der Waals surface area contributed by atoms with Gasteiger partial charge in [-0.05, 0) is 19.8 Å². The van der Waals surface area contributed by atoms with E-state index in [4.69, 9.17) is 0 Å². The lowest BCUT2D eigenvalue weighted by molar-refractivity contribution is 0.0166. The largest absolute Gasteiger partial charge is 0.388 e. The molecule has 2 N–H and O–H groups in total. The van der Waals surface area contributed by atoms with Gasteiger partial charge in [-0.15, -0.1) is 0 Å². The van der Waals surface area contributed by atoms with Crippen molar-refractivity contribution in [2.45, 2.75) is 51.2 Å². The lowest BCUT2D eigenvalue weighted by Crippen LogP contribution is -2.40. The first-order valence-electron chi connectivity index (χ1n) is 6.66. The third kappa shape index (κ3) is 2.90. The van der Waals surface area contributed by atoms with Crippen LogP contribution in [0.1, 0.15) is 39.0 Å². The molecule has 0 aromatic carbocycles. The molecule has 1 aliphatic carbocycles. The lowest BCUT2D eigenvalue weighted by Gasteiger charge is -2.32. The van der Waals surface area contributed by atoms with Crippen molar-refractivity contribution >= 4 is 5.82 Å². The second kappa shape index (κ2) is 5.52. The average Bonchev–Trinajstić information content (AvgIpc) is 2.38. The molecule has 1 aromatic heterocycles. The Balaban J connectivity index is 2.04. The molecule has 0 aliphatic heterocycles.